The summed E-state index contributed by atoms with van der Waals surface area (Å²) in [5, 5.41) is 0.854. The maximum atomic E-state index is 5.74. The van der Waals surface area contributed by atoms with Crippen molar-refractivity contribution in [1.29, 1.82) is 0 Å². The van der Waals surface area contributed by atoms with Crippen molar-refractivity contribution >= 4 is 17.3 Å². The predicted octanol–water partition coefficient (Wildman–Crippen LogP) is 10.7. The van der Waals surface area contributed by atoms with Gasteiger partial charge in [-0.05, 0) is 25.1 Å². The van der Waals surface area contributed by atoms with Gasteiger partial charge in [0.15, 0.2) is 5.05 Å². The van der Waals surface area contributed by atoms with Crippen molar-refractivity contribution in [3.63, 3.8) is 0 Å². The Morgan fingerprint density at radius 1 is 0.433 bits per heavy atom. The fraction of sp³-hybridized carbons (Fsp3) is 0.964. The lowest BCUT2D eigenvalue weighted by Crippen LogP contribution is -2.03. The Morgan fingerprint density at radius 3 is 1.10 bits per heavy atom. The van der Waals surface area contributed by atoms with Gasteiger partial charge in [0.2, 0.25) is 0 Å². The summed E-state index contributed by atoms with van der Waals surface area (Å²) in [5.74, 6) is 0. The molecule has 0 unspecified atom stereocenters. The molecule has 0 saturated heterocycles. The zero-order valence-corrected chi connectivity index (χ0v) is 21.8. The van der Waals surface area contributed by atoms with Crippen LogP contribution in [0.3, 0.4) is 0 Å². The third-order valence-electron chi connectivity index (χ3n) is 6.25. The monoisotopic (exact) mass is 440 g/mol. The smallest absolute Gasteiger partial charge is 0.159 e. The molecule has 0 fully saturated rings. The van der Waals surface area contributed by atoms with E-state index in [-0.39, 0.29) is 0 Å². The SMILES string of the molecule is CCCCCCCCCCCCCCCCCC(=S)OCCCCCCCCCC. The topological polar surface area (TPSA) is 9.23 Å². The number of rotatable bonds is 25. The second-order valence-corrected chi connectivity index (χ2v) is 9.85. The molecule has 0 amide bonds. The molecule has 2 heteroatoms. The molecule has 180 valence electrons. The quantitative estimate of drug-likeness (QED) is 0.103. The minimum absolute atomic E-state index is 0.840. The average molecular weight is 441 g/mol. The van der Waals surface area contributed by atoms with Crippen molar-refractivity contribution < 1.29 is 4.74 Å². The van der Waals surface area contributed by atoms with E-state index in [4.69, 9.17) is 17.0 Å². The van der Waals surface area contributed by atoms with Crippen LogP contribution in [0.2, 0.25) is 0 Å². The second kappa shape index (κ2) is 26.9. The van der Waals surface area contributed by atoms with Gasteiger partial charge in [-0.1, -0.05) is 149 Å². The van der Waals surface area contributed by atoms with Gasteiger partial charge in [-0.2, -0.15) is 0 Å². The van der Waals surface area contributed by atoms with E-state index < -0.39 is 0 Å². The van der Waals surface area contributed by atoms with Crippen LogP contribution in [-0.4, -0.2) is 11.7 Å². The molecule has 0 atom stereocenters. The molecule has 0 radical (unpaired) electrons. The normalized spacial score (nSPS) is 11.1. The van der Waals surface area contributed by atoms with Crippen LogP contribution in [-0.2, 0) is 4.74 Å². The Labute approximate surface area is 196 Å². The molecule has 0 heterocycles. The zero-order chi connectivity index (χ0) is 22.0. The summed E-state index contributed by atoms with van der Waals surface area (Å²) in [6.45, 7) is 5.41. The van der Waals surface area contributed by atoms with Crippen molar-refractivity contribution in [1.82, 2.24) is 0 Å². The largest absolute Gasteiger partial charge is 0.487 e. The summed E-state index contributed by atoms with van der Waals surface area (Å²) in [6.07, 6.45) is 32.9. The number of unbranched alkanes of at least 4 members (excludes halogenated alkanes) is 21. The number of hydrogen-bond donors (Lipinski definition) is 0. The van der Waals surface area contributed by atoms with Gasteiger partial charge in [-0.25, -0.2) is 0 Å². The minimum atomic E-state index is 0.840. The van der Waals surface area contributed by atoms with Crippen molar-refractivity contribution in [3.05, 3.63) is 0 Å². The first-order valence-corrected chi connectivity index (χ1v) is 14.4. The fourth-order valence-corrected chi connectivity index (χ4v) is 4.36. The molecule has 0 aromatic heterocycles. The standard InChI is InChI=1S/C28H56OS/c1-3-5-7-9-11-13-14-15-16-17-18-19-20-22-24-26-28(30)29-27-25-23-21-12-10-8-6-4-2/h3-27H2,1-2H3. The third kappa shape index (κ3) is 25.9. The Balaban J connectivity index is 3.12. The van der Waals surface area contributed by atoms with Crippen LogP contribution < -0.4 is 0 Å². The summed E-state index contributed by atoms with van der Waals surface area (Å²) in [7, 11) is 0. The highest BCUT2D eigenvalue weighted by Gasteiger charge is 1.99. The fourth-order valence-electron chi connectivity index (χ4n) is 4.13. The molecule has 0 aromatic carbocycles. The molecule has 0 N–H and O–H groups in total. The number of thiocarbonyl (C=S) groups is 1. The summed E-state index contributed by atoms with van der Waals surface area (Å²) < 4.78 is 5.74. The van der Waals surface area contributed by atoms with Crippen LogP contribution >= 0.6 is 12.2 Å². The second-order valence-electron chi connectivity index (χ2n) is 9.40. The molecular formula is C28H56OS. The molecule has 0 bridgehead atoms. The molecule has 0 aliphatic heterocycles. The maximum absolute atomic E-state index is 5.74. The van der Waals surface area contributed by atoms with Crippen LogP contribution in [0.1, 0.15) is 168 Å². The third-order valence-corrected chi connectivity index (χ3v) is 6.57. The molecule has 0 aliphatic carbocycles. The first kappa shape index (κ1) is 29.9. The van der Waals surface area contributed by atoms with E-state index in [1.54, 1.807) is 0 Å². The van der Waals surface area contributed by atoms with Crippen LogP contribution in [0.5, 0.6) is 0 Å². The van der Waals surface area contributed by atoms with Crippen molar-refractivity contribution in [2.45, 2.75) is 168 Å². The van der Waals surface area contributed by atoms with Gasteiger partial charge in [0, 0.05) is 6.42 Å². The molecule has 0 rings (SSSR count). The lowest BCUT2D eigenvalue weighted by atomic mass is 10.0. The van der Waals surface area contributed by atoms with E-state index in [0.717, 1.165) is 18.1 Å². The van der Waals surface area contributed by atoms with E-state index in [1.807, 2.05) is 0 Å². The Morgan fingerprint density at radius 2 is 0.733 bits per heavy atom. The molecular weight excluding hydrogens is 384 g/mol. The molecule has 30 heavy (non-hydrogen) atoms. The van der Waals surface area contributed by atoms with Gasteiger partial charge in [0.25, 0.3) is 0 Å². The number of hydrogen-bond acceptors (Lipinski definition) is 2. The van der Waals surface area contributed by atoms with Gasteiger partial charge in [0.05, 0.1) is 6.61 Å². The summed E-state index contributed by atoms with van der Waals surface area (Å²) in [4.78, 5) is 0. The first-order chi connectivity index (χ1) is 14.8. The Hall–Kier alpha value is -0.110. The van der Waals surface area contributed by atoms with Gasteiger partial charge in [-0.3, -0.25) is 0 Å². The van der Waals surface area contributed by atoms with Crippen molar-refractivity contribution in [2.75, 3.05) is 6.61 Å². The van der Waals surface area contributed by atoms with E-state index in [1.165, 1.54) is 148 Å². The average Bonchev–Trinajstić information content (AvgIpc) is 2.75. The summed E-state index contributed by atoms with van der Waals surface area (Å²) in [5.41, 5.74) is 0. The van der Waals surface area contributed by atoms with Crippen molar-refractivity contribution in [2.24, 2.45) is 0 Å². The molecule has 0 saturated carbocycles. The van der Waals surface area contributed by atoms with Gasteiger partial charge < -0.3 is 4.74 Å². The highest BCUT2D eigenvalue weighted by atomic mass is 32.1. The minimum Gasteiger partial charge on any atom is -0.487 e. The van der Waals surface area contributed by atoms with Gasteiger partial charge in [0.1, 0.15) is 0 Å². The molecule has 0 aliphatic rings. The highest BCUT2D eigenvalue weighted by Crippen LogP contribution is 2.14. The number of ether oxygens (including phenoxy) is 1. The van der Waals surface area contributed by atoms with E-state index in [9.17, 15) is 0 Å². The molecule has 0 aromatic rings. The van der Waals surface area contributed by atoms with Crippen molar-refractivity contribution in [3.8, 4) is 0 Å². The Kier molecular flexibility index (Phi) is 26.8. The predicted molar refractivity (Wildman–Crippen MR) is 141 cm³/mol. The van der Waals surface area contributed by atoms with E-state index in [0.29, 0.717) is 0 Å². The van der Waals surface area contributed by atoms with E-state index >= 15 is 0 Å². The molecule has 1 nitrogen and oxygen atoms in total. The van der Waals surface area contributed by atoms with Gasteiger partial charge in [-0.15, -0.1) is 0 Å². The van der Waals surface area contributed by atoms with Crippen LogP contribution in [0.15, 0.2) is 0 Å². The van der Waals surface area contributed by atoms with Crippen LogP contribution in [0.4, 0.5) is 0 Å². The lowest BCUT2D eigenvalue weighted by molar-refractivity contribution is 0.290. The first-order valence-electron chi connectivity index (χ1n) is 14.0. The molecule has 0 spiro atoms. The van der Waals surface area contributed by atoms with Crippen LogP contribution in [0.25, 0.3) is 0 Å². The van der Waals surface area contributed by atoms with E-state index in [2.05, 4.69) is 13.8 Å². The van der Waals surface area contributed by atoms with Crippen LogP contribution in [0, 0.1) is 0 Å². The maximum Gasteiger partial charge on any atom is 0.159 e. The zero-order valence-electron chi connectivity index (χ0n) is 21.0. The van der Waals surface area contributed by atoms with Gasteiger partial charge >= 0.3 is 0 Å². The highest BCUT2D eigenvalue weighted by molar-refractivity contribution is 7.80. The summed E-state index contributed by atoms with van der Waals surface area (Å²) in [6, 6.07) is 0. The summed E-state index contributed by atoms with van der Waals surface area (Å²) >= 11 is 5.38. The Bertz CT molecular complexity index is 329. The lowest BCUT2D eigenvalue weighted by Gasteiger charge is -2.07.